The van der Waals surface area contributed by atoms with Crippen LogP contribution in [0.5, 0.6) is 0 Å². The van der Waals surface area contributed by atoms with Gasteiger partial charge in [-0.3, -0.25) is 15.4 Å². The van der Waals surface area contributed by atoms with Gasteiger partial charge in [0.1, 0.15) is 6.73 Å². The molecule has 0 unspecified atom stereocenters. The van der Waals surface area contributed by atoms with E-state index in [-0.39, 0.29) is 13.2 Å². The molecule has 0 bridgehead atoms. The molecule has 0 saturated heterocycles. The maximum atomic E-state index is 10.2. The number of carboxylic acid groups (broad SMARTS) is 1. The number of carboxylic acids is 1. The predicted molar refractivity (Wildman–Crippen MR) is 63.8 cm³/mol. The number of nitrogens with one attached hydrogen (secondary N) is 3. The Hall–Kier alpha value is -0.730. The Morgan fingerprint density at radius 2 is 1.53 bits per heavy atom. The first kappa shape index (κ1) is 16.3. The standard InChI is InChI=1S/C10H23N3O4/c14-10(15)3-1-2-4-11-5-6-12-7-8-13-9-17-16/h11-13,16H,1-9H2,(H,14,15). The lowest BCUT2D eigenvalue weighted by Crippen LogP contribution is -2.33. The predicted octanol–water partition coefficient (Wildman–Crippen LogP) is -0.543. The van der Waals surface area contributed by atoms with Crippen molar-refractivity contribution in [2.24, 2.45) is 0 Å². The molecule has 7 nitrogen and oxygen atoms in total. The molecule has 17 heavy (non-hydrogen) atoms. The van der Waals surface area contributed by atoms with Crippen molar-refractivity contribution in [3.8, 4) is 0 Å². The maximum absolute atomic E-state index is 10.2. The summed E-state index contributed by atoms with van der Waals surface area (Å²) in [5.41, 5.74) is 0. The summed E-state index contributed by atoms with van der Waals surface area (Å²) in [6, 6.07) is 0. The first-order chi connectivity index (χ1) is 8.27. The van der Waals surface area contributed by atoms with Gasteiger partial charge in [-0.05, 0) is 19.4 Å². The van der Waals surface area contributed by atoms with Gasteiger partial charge in [-0.15, -0.1) is 0 Å². The van der Waals surface area contributed by atoms with Crippen LogP contribution in [0.4, 0.5) is 0 Å². The summed E-state index contributed by atoms with van der Waals surface area (Å²) in [5, 5.41) is 25.7. The summed E-state index contributed by atoms with van der Waals surface area (Å²) in [6.45, 7) is 4.27. The van der Waals surface area contributed by atoms with Crippen LogP contribution in [-0.4, -0.2) is 55.8 Å². The summed E-state index contributed by atoms with van der Waals surface area (Å²) in [7, 11) is 0. The Morgan fingerprint density at radius 1 is 0.941 bits per heavy atom. The monoisotopic (exact) mass is 249 g/mol. The Kier molecular flexibility index (Phi) is 12.8. The molecule has 0 saturated carbocycles. The van der Waals surface area contributed by atoms with E-state index in [4.69, 9.17) is 10.4 Å². The highest BCUT2D eigenvalue weighted by Crippen LogP contribution is 1.92. The van der Waals surface area contributed by atoms with E-state index < -0.39 is 5.97 Å². The molecule has 0 rings (SSSR count). The second kappa shape index (κ2) is 13.3. The van der Waals surface area contributed by atoms with Crippen LogP contribution < -0.4 is 16.0 Å². The molecule has 102 valence electrons. The van der Waals surface area contributed by atoms with Gasteiger partial charge in [-0.2, -0.15) is 0 Å². The topological polar surface area (TPSA) is 103 Å². The molecular weight excluding hydrogens is 226 g/mol. The highest BCUT2D eigenvalue weighted by Gasteiger charge is 1.95. The van der Waals surface area contributed by atoms with Gasteiger partial charge in [-0.25, -0.2) is 4.89 Å². The fourth-order valence-electron chi connectivity index (χ4n) is 1.25. The van der Waals surface area contributed by atoms with Gasteiger partial charge in [0.15, 0.2) is 0 Å². The summed E-state index contributed by atoms with van der Waals surface area (Å²) in [6.07, 6.45) is 1.86. The van der Waals surface area contributed by atoms with Crippen LogP contribution in [0.15, 0.2) is 0 Å². The van der Waals surface area contributed by atoms with Gasteiger partial charge in [0, 0.05) is 32.6 Å². The second-order valence-electron chi connectivity index (χ2n) is 3.62. The number of hydrogen-bond acceptors (Lipinski definition) is 6. The average Bonchev–Trinajstić information content (AvgIpc) is 2.30. The van der Waals surface area contributed by atoms with Crippen LogP contribution in [0.3, 0.4) is 0 Å². The number of carbonyl (C=O) groups is 1. The molecular formula is C10H23N3O4. The zero-order valence-corrected chi connectivity index (χ0v) is 10.1. The third-order valence-electron chi connectivity index (χ3n) is 2.12. The average molecular weight is 249 g/mol. The van der Waals surface area contributed by atoms with Crippen molar-refractivity contribution in [1.29, 1.82) is 0 Å². The van der Waals surface area contributed by atoms with Gasteiger partial charge in [-0.1, -0.05) is 0 Å². The third kappa shape index (κ3) is 15.3. The van der Waals surface area contributed by atoms with E-state index in [0.29, 0.717) is 0 Å². The SMILES string of the molecule is O=C(O)CCCCNCCNCCNCOO. The fraction of sp³-hybridized carbons (Fsp3) is 0.900. The van der Waals surface area contributed by atoms with Crippen molar-refractivity contribution in [3.05, 3.63) is 0 Å². The van der Waals surface area contributed by atoms with Crippen molar-refractivity contribution in [2.45, 2.75) is 19.3 Å². The van der Waals surface area contributed by atoms with E-state index in [2.05, 4.69) is 20.8 Å². The summed E-state index contributed by atoms with van der Waals surface area (Å²) in [4.78, 5) is 14.1. The highest BCUT2D eigenvalue weighted by molar-refractivity contribution is 5.66. The van der Waals surface area contributed by atoms with Crippen molar-refractivity contribution in [3.63, 3.8) is 0 Å². The molecule has 0 heterocycles. The van der Waals surface area contributed by atoms with Gasteiger partial charge >= 0.3 is 5.97 Å². The molecule has 0 aromatic heterocycles. The molecule has 0 spiro atoms. The quantitative estimate of drug-likeness (QED) is 0.129. The Morgan fingerprint density at radius 3 is 2.12 bits per heavy atom. The number of unbranched alkanes of at least 4 members (excludes halogenated alkanes) is 1. The summed E-state index contributed by atoms with van der Waals surface area (Å²) < 4.78 is 0. The minimum atomic E-state index is -0.731. The van der Waals surface area contributed by atoms with Gasteiger partial charge < -0.3 is 15.7 Å². The van der Waals surface area contributed by atoms with Gasteiger partial charge in [0.25, 0.3) is 0 Å². The smallest absolute Gasteiger partial charge is 0.303 e. The second-order valence-corrected chi connectivity index (χ2v) is 3.62. The lowest BCUT2D eigenvalue weighted by atomic mass is 10.2. The summed E-state index contributed by atoms with van der Waals surface area (Å²) >= 11 is 0. The van der Waals surface area contributed by atoms with Crippen LogP contribution in [-0.2, 0) is 9.68 Å². The Balaban J connectivity index is 2.91. The Labute approximate surface area is 101 Å². The molecule has 0 radical (unpaired) electrons. The van der Waals surface area contributed by atoms with Crippen LogP contribution in [0.25, 0.3) is 0 Å². The molecule has 0 amide bonds. The minimum absolute atomic E-state index is 0.142. The third-order valence-corrected chi connectivity index (χ3v) is 2.12. The molecule has 0 fully saturated rings. The number of hydrogen-bond donors (Lipinski definition) is 5. The van der Waals surface area contributed by atoms with Crippen molar-refractivity contribution < 1.29 is 20.0 Å². The molecule has 0 aromatic carbocycles. The lowest BCUT2D eigenvalue weighted by Gasteiger charge is -2.06. The van der Waals surface area contributed by atoms with Crippen LogP contribution in [0.1, 0.15) is 19.3 Å². The molecule has 0 aliphatic rings. The lowest BCUT2D eigenvalue weighted by molar-refractivity contribution is -0.247. The van der Waals surface area contributed by atoms with E-state index >= 15 is 0 Å². The van der Waals surface area contributed by atoms with Crippen LogP contribution in [0, 0.1) is 0 Å². The maximum Gasteiger partial charge on any atom is 0.303 e. The van der Waals surface area contributed by atoms with E-state index in [1.165, 1.54) is 0 Å². The zero-order chi connectivity index (χ0) is 12.8. The molecule has 0 aliphatic carbocycles. The van der Waals surface area contributed by atoms with Crippen molar-refractivity contribution >= 4 is 5.97 Å². The first-order valence-electron chi connectivity index (χ1n) is 5.87. The van der Waals surface area contributed by atoms with Crippen LogP contribution in [0.2, 0.25) is 0 Å². The van der Waals surface area contributed by atoms with Gasteiger partial charge in [0.2, 0.25) is 0 Å². The first-order valence-corrected chi connectivity index (χ1v) is 5.87. The van der Waals surface area contributed by atoms with E-state index in [9.17, 15) is 4.79 Å². The molecule has 0 aromatic rings. The highest BCUT2D eigenvalue weighted by atomic mass is 17.1. The van der Waals surface area contributed by atoms with Crippen molar-refractivity contribution in [2.75, 3.05) is 39.5 Å². The number of aliphatic carboxylic acids is 1. The molecule has 0 aliphatic heterocycles. The van der Waals surface area contributed by atoms with E-state index in [0.717, 1.165) is 45.6 Å². The number of rotatable bonds is 13. The molecule has 5 N–H and O–H groups in total. The minimum Gasteiger partial charge on any atom is -0.481 e. The zero-order valence-electron chi connectivity index (χ0n) is 10.1. The fourth-order valence-corrected chi connectivity index (χ4v) is 1.25. The van der Waals surface area contributed by atoms with Crippen LogP contribution >= 0.6 is 0 Å². The van der Waals surface area contributed by atoms with Crippen molar-refractivity contribution in [1.82, 2.24) is 16.0 Å². The largest absolute Gasteiger partial charge is 0.481 e. The Bertz CT molecular complexity index is 181. The van der Waals surface area contributed by atoms with Gasteiger partial charge in [0.05, 0.1) is 0 Å². The van der Waals surface area contributed by atoms with E-state index in [1.54, 1.807) is 0 Å². The van der Waals surface area contributed by atoms with E-state index in [1.807, 2.05) is 0 Å². The normalized spacial score (nSPS) is 10.6. The molecule has 0 atom stereocenters. The summed E-state index contributed by atoms with van der Waals surface area (Å²) in [5.74, 6) is -0.731. The molecule has 7 heteroatoms.